The molecule has 0 radical (unpaired) electrons. The van der Waals surface area contributed by atoms with E-state index in [4.69, 9.17) is 4.74 Å². The minimum absolute atomic E-state index is 0.0132. The van der Waals surface area contributed by atoms with E-state index in [2.05, 4.69) is 5.32 Å². The summed E-state index contributed by atoms with van der Waals surface area (Å²) in [5.41, 5.74) is 2.01. The monoisotopic (exact) mass is 269 g/mol. The van der Waals surface area contributed by atoms with Gasteiger partial charge in [0.1, 0.15) is 12.4 Å². The first-order chi connectivity index (χ1) is 9.72. The molecule has 0 saturated heterocycles. The highest BCUT2D eigenvalue weighted by molar-refractivity contribution is 5.83. The first-order valence-electron chi connectivity index (χ1n) is 6.69. The lowest BCUT2D eigenvalue weighted by molar-refractivity contribution is -0.121. The highest BCUT2D eigenvalue weighted by atomic mass is 16.5. The van der Waals surface area contributed by atoms with Crippen LogP contribution < -0.4 is 10.1 Å². The van der Waals surface area contributed by atoms with Crippen LogP contribution in [-0.2, 0) is 11.4 Å². The van der Waals surface area contributed by atoms with Gasteiger partial charge in [-0.1, -0.05) is 48.5 Å². The van der Waals surface area contributed by atoms with Crippen molar-refractivity contribution in [2.75, 3.05) is 7.05 Å². The molecule has 1 unspecified atom stereocenters. The van der Waals surface area contributed by atoms with Gasteiger partial charge in [0.25, 0.3) is 0 Å². The van der Waals surface area contributed by atoms with Crippen molar-refractivity contribution < 1.29 is 9.53 Å². The first-order valence-corrected chi connectivity index (χ1v) is 6.69. The molecule has 1 N–H and O–H groups in total. The molecule has 0 heterocycles. The summed E-state index contributed by atoms with van der Waals surface area (Å²) in [5.74, 6) is 0.514. The van der Waals surface area contributed by atoms with Crippen LogP contribution in [0.2, 0.25) is 0 Å². The Morgan fingerprint density at radius 2 is 1.75 bits per heavy atom. The fourth-order valence-electron chi connectivity index (χ4n) is 2.06. The molecule has 2 rings (SSSR count). The predicted octanol–water partition coefficient (Wildman–Crippen LogP) is 3.12. The lowest BCUT2D eigenvalue weighted by atomic mass is 9.99. The molecule has 3 nitrogen and oxygen atoms in total. The van der Waals surface area contributed by atoms with Gasteiger partial charge in [-0.2, -0.15) is 0 Å². The van der Waals surface area contributed by atoms with Crippen molar-refractivity contribution in [2.24, 2.45) is 0 Å². The SMILES string of the molecule is CNC(=O)C(C)c1ccccc1OCc1ccccc1. The number of para-hydroxylation sites is 1. The van der Waals surface area contributed by atoms with Crippen LogP contribution in [0.25, 0.3) is 0 Å². The van der Waals surface area contributed by atoms with Gasteiger partial charge in [0.2, 0.25) is 5.91 Å². The largest absolute Gasteiger partial charge is 0.489 e. The average Bonchev–Trinajstić information content (AvgIpc) is 2.52. The summed E-state index contributed by atoms with van der Waals surface area (Å²) in [6.45, 7) is 2.38. The highest BCUT2D eigenvalue weighted by Crippen LogP contribution is 2.27. The number of rotatable bonds is 5. The third-order valence-corrected chi connectivity index (χ3v) is 3.26. The van der Waals surface area contributed by atoms with Gasteiger partial charge in [-0.15, -0.1) is 0 Å². The maximum atomic E-state index is 11.8. The Morgan fingerprint density at radius 3 is 2.45 bits per heavy atom. The molecule has 0 aliphatic rings. The Kier molecular flexibility index (Phi) is 4.77. The van der Waals surface area contributed by atoms with Gasteiger partial charge in [-0.3, -0.25) is 4.79 Å². The van der Waals surface area contributed by atoms with Gasteiger partial charge in [-0.25, -0.2) is 0 Å². The van der Waals surface area contributed by atoms with E-state index in [1.54, 1.807) is 7.05 Å². The van der Waals surface area contributed by atoms with Crippen molar-refractivity contribution in [1.82, 2.24) is 5.32 Å². The van der Waals surface area contributed by atoms with Crippen molar-refractivity contribution in [1.29, 1.82) is 0 Å². The lowest BCUT2D eigenvalue weighted by Gasteiger charge is -2.16. The van der Waals surface area contributed by atoms with Crippen LogP contribution in [0.3, 0.4) is 0 Å². The molecule has 3 heteroatoms. The number of amides is 1. The highest BCUT2D eigenvalue weighted by Gasteiger charge is 2.17. The quantitative estimate of drug-likeness (QED) is 0.905. The number of carbonyl (C=O) groups is 1. The minimum Gasteiger partial charge on any atom is -0.489 e. The molecule has 0 aliphatic carbocycles. The summed E-state index contributed by atoms with van der Waals surface area (Å²) in [6.07, 6.45) is 0. The Balaban J connectivity index is 2.14. The lowest BCUT2D eigenvalue weighted by Crippen LogP contribution is -2.24. The van der Waals surface area contributed by atoms with Gasteiger partial charge in [0.15, 0.2) is 0 Å². The molecule has 1 atom stereocenters. The summed E-state index contributed by atoms with van der Waals surface area (Å²) in [6, 6.07) is 17.7. The molecule has 104 valence electrons. The predicted molar refractivity (Wildman–Crippen MR) is 79.7 cm³/mol. The van der Waals surface area contributed by atoms with Crippen molar-refractivity contribution in [3.8, 4) is 5.75 Å². The zero-order chi connectivity index (χ0) is 14.4. The maximum absolute atomic E-state index is 11.8. The number of hydrogen-bond acceptors (Lipinski definition) is 2. The number of ether oxygens (including phenoxy) is 1. The Bertz CT molecular complexity index is 566. The average molecular weight is 269 g/mol. The molecule has 20 heavy (non-hydrogen) atoms. The van der Waals surface area contributed by atoms with E-state index in [-0.39, 0.29) is 11.8 Å². The van der Waals surface area contributed by atoms with E-state index >= 15 is 0 Å². The summed E-state index contributed by atoms with van der Waals surface area (Å²) in [7, 11) is 1.65. The number of carbonyl (C=O) groups excluding carboxylic acids is 1. The van der Waals surface area contributed by atoms with E-state index in [1.807, 2.05) is 61.5 Å². The topological polar surface area (TPSA) is 38.3 Å². The molecule has 0 aromatic heterocycles. The zero-order valence-corrected chi connectivity index (χ0v) is 11.8. The maximum Gasteiger partial charge on any atom is 0.227 e. The third-order valence-electron chi connectivity index (χ3n) is 3.26. The second-order valence-corrected chi connectivity index (χ2v) is 4.65. The van der Waals surface area contributed by atoms with Crippen LogP contribution in [0, 0.1) is 0 Å². The summed E-state index contributed by atoms with van der Waals surface area (Å²) >= 11 is 0. The standard InChI is InChI=1S/C17H19NO2/c1-13(17(19)18-2)15-10-6-7-11-16(15)20-12-14-8-4-3-5-9-14/h3-11,13H,12H2,1-2H3,(H,18,19). The van der Waals surface area contributed by atoms with Crippen LogP contribution >= 0.6 is 0 Å². The summed E-state index contributed by atoms with van der Waals surface area (Å²) in [4.78, 5) is 11.8. The van der Waals surface area contributed by atoms with E-state index in [9.17, 15) is 4.79 Å². The van der Waals surface area contributed by atoms with E-state index in [1.165, 1.54) is 0 Å². The second kappa shape index (κ2) is 6.75. The smallest absolute Gasteiger partial charge is 0.227 e. The zero-order valence-electron chi connectivity index (χ0n) is 11.8. The number of hydrogen-bond donors (Lipinski definition) is 1. The number of likely N-dealkylation sites (N-methyl/N-ethyl adjacent to an activating group) is 1. The summed E-state index contributed by atoms with van der Waals surface area (Å²) in [5, 5.41) is 2.67. The van der Waals surface area contributed by atoms with Crippen LogP contribution in [-0.4, -0.2) is 13.0 Å². The summed E-state index contributed by atoms with van der Waals surface area (Å²) < 4.78 is 5.86. The number of benzene rings is 2. The molecule has 2 aromatic carbocycles. The molecular formula is C17H19NO2. The number of nitrogens with one attached hydrogen (secondary N) is 1. The van der Waals surface area contributed by atoms with Crippen LogP contribution in [0.15, 0.2) is 54.6 Å². The second-order valence-electron chi connectivity index (χ2n) is 4.65. The fourth-order valence-corrected chi connectivity index (χ4v) is 2.06. The molecule has 0 saturated carbocycles. The van der Waals surface area contributed by atoms with Gasteiger partial charge in [0.05, 0.1) is 5.92 Å². The van der Waals surface area contributed by atoms with Crippen LogP contribution in [0.4, 0.5) is 0 Å². The molecule has 0 fully saturated rings. The first kappa shape index (κ1) is 14.1. The van der Waals surface area contributed by atoms with E-state index in [0.29, 0.717) is 6.61 Å². The Hall–Kier alpha value is -2.29. The van der Waals surface area contributed by atoms with Crippen LogP contribution in [0.1, 0.15) is 24.0 Å². The molecule has 1 amide bonds. The van der Waals surface area contributed by atoms with Gasteiger partial charge >= 0.3 is 0 Å². The molecule has 2 aromatic rings. The van der Waals surface area contributed by atoms with E-state index in [0.717, 1.165) is 16.9 Å². The van der Waals surface area contributed by atoms with Crippen molar-refractivity contribution in [3.63, 3.8) is 0 Å². The van der Waals surface area contributed by atoms with E-state index < -0.39 is 0 Å². The normalized spacial score (nSPS) is 11.7. The molecule has 0 spiro atoms. The van der Waals surface area contributed by atoms with Crippen molar-refractivity contribution in [3.05, 3.63) is 65.7 Å². The Labute approximate surface area is 119 Å². The third kappa shape index (κ3) is 3.38. The van der Waals surface area contributed by atoms with Gasteiger partial charge < -0.3 is 10.1 Å². The van der Waals surface area contributed by atoms with Gasteiger partial charge in [-0.05, 0) is 18.6 Å². The van der Waals surface area contributed by atoms with Crippen molar-refractivity contribution in [2.45, 2.75) is 19.4 Å². The molecular weight excluding hydrogens is 250 g/mol. The van der Waals surface area contributed by atoms with Crippen molar-refractivity contribution >= 4 is 5.91 Å². The van der Waals surface area contributed by atoms with Crippen LogP contribution in [0.5, 0.6) is 5.75 Å². The fraction of sp³-hybridized carbons (Fsp3) is 0.235. The molecule has 0 aliphatic heterocycles. The Morgan fingerprint density at radius 1 is 1.10 bits per heavy atom. The molecule has 0 bridgehead atoms. The van der Waals surface area contributed by atoms with Gasteiger partial charge in [0, 0.05) is 12.6 Å². The minimum atomic E-state index is -0.230.